The fraction of sp³-hybridized carbons (Fsp3) is 0.481. The molecule has 4 N–H and O–H groups in total. The van der Waals surface area contributed by atoms with E-state index in [0.717, 1.165) is 11.1 Å². The first-order valence-electron chi connectivity index (χ1n) is 12.4. The molecule has 2 rings (SSSR count). The van der Waals surface area contributed by atoms with Gasteiger partial charge in [-0.2, -0.15) is 0 Å². The molecule has 0 spiro atoms. The average molecular weight is 501 g/mol. The van der Waals surface area contributed by atoms with Crippen LogP contribution >= 0.6 is 0 Å². The summed E-state index contributed by atoms with van der Waals surface area (Å²) in [4.78, 5) is 24.0. The van der Waals surface area contributed by atoms with E-state index in [-0.39, 0.29) is 30.2 Å². The molecule has 0 aliphatic heterocycles. The maximum absolute atomic E-state index is 12.0. The van der Waals surface area contributed by atoms with Gasteiger partial charge in [0.05, 0.1) is 51.2 Å². The zero-order valence-electron chi connectivity index (χ0n) is 21.5. The Morgan fingerprint density at radius 2 is 1.11 bits per heavy atom. The summed E-state index contributed by atoms with van der Waals surface area (Å²) >= 11 is 0. The molecule has 0 saturated carbocycles. The fourth-order valence-corrected chi connectivity index (χ4v) is 3.17. The van der Waals surface area contributed by atoms with Gasteiger partial charge in [-0.15, -0.1) is 0 Å². The van der Waals surface area contributed by atoms with Crippen LogP contribution in [0.2, 0.25) is 0 Å². The Morgan fingerprint density at radius 1 is 0.667 bits per heavy atom. The van der Waals surface area contributed by atoms with Crippen LogP contribution in [0, 0.1) is 0 Å². The van der Waals surface area contributed by atoms with Gasteiger partial charge in [0.1, 0.15) is 0 Å². The van der Waals surface area contributed by atoms with Crippen molar-refractivity contribution in [1.82, 2.24) is 21.3 Å². The van der Waals surface area contributed by atoms with Crippen molar-refractivity contribution >= 4 is 12.1 Å². The number of benzene rings is 2. The molecule has 0 saturated heterocycles. The first kappa shape index (κ1) is 29.1. The lowest BCUT2D eigenvalue weighted by Gasteiger charge is -2.19. The molecule has 0 fully saturated rings. The van der Waals surface area contributed by atoms with Crippen LogP contribution in [0.1, 0.15) is 31.9 Å². The zero-order chi connectivity index (χ0) is 26.0. The van der Waals surface area contributed by atoms with E-state index in [0.29, 0.717) is 46.1 Å². The molecule has 36 heavy (non-hydrogen) atoms. The summed E-state index contributed by atoms with van der Waals surface area (Å²) in [6, 6.07) is 18.8. The van der Waals surface area contributed by atoms with Gasteiger partial charge in [0.25, 0.3) is 0 Å². The summed E-state index contributed by atoms with van der Waals surface area (Å²) in [5, 5.41) is 11.4. The van der Waals surface area contributed by atoms with Crippen molar-refractivity contribution < 1.29 is 23.8 Å². The number of hydrogen-bond acceptors (Lipinski definition) is 5. The average Bonchev–Trinajstić information content (AvgIpc) is 2.88. The third-order valence-electron chi connectivity index (χ3n) is 5.07. The van der Waals surface area contributed by atoms with Gasteiger partial charge in [-0.3, -0.25) is 0 Å². The molecule has 0 radical (unpaired) electrons. The molecule has 3 atom stereocenters. The second kappa shape index (κ2) is 17.3. The molecule has 4 amide bonds. The predicted octanol–water partition coefficient (Wildman–Crippen LogP) is 3.20. The van der Waals surface area contributed by atoms with Gasteiger partial charge in [-0.05, 0) is 31.9 Å². The maximum Gasteiger partial charge on any atom is 0.315 e. The highest BCUT2D eigenvalue weighted by atomic mass is 16.5. The van der Waals surface area contributed by atoms with E-state index < -0.39 is 0 Å². The molecule has 9 heteroatoms. The number of carbonyl (C=O) groups is 2. The van der Waals surface area contributed by atoms with Crippen molar-refractivity contribution in [1.29, 1.82) is 0 Å². The van der Waals surface area contributed by atoms with Crippen LogP contribution in [-0.4, -0.2) is 63.3 Å². The predicted molar refractivity (Wildman–Crippen MR) is 140 cm³/mol. The number of carbonyl (C=O) groups excluding carboxylic acids is 2. The van der Waals surface area contributed by atoms with Crippen LogP contribution in [0.25, 0.3) is 0 Å². The Kier molecular flexibility index (Phi) is 14.0. The van der Waals surface area contributed by atoms with Crippen LogP contribution < -0.4 is 21.3 Å². The Morgan fingerprint density at radius 3 is 1.61 bits per heavy atom. The first-order valence-corrected chi connectivity index (χ1v) is 12.4. The van der Waals surface area contributed by atoms with Crippen LogP contribution in [0.3, 0.4) is 0 Å². The Balaban J connectivity index is 1.43. The summed E-state index contributed by atoms with van der Waals surface area (Å²) in [6.07, 6.45) is -0.115. The van der Waals surface area contributed by atoms with E-state index in [2.05, 4.69) is 21.3 Å². The van der Waals surface area contributed by atoms with Crippen molar-refractivity contribution in [3.05, 3.63) is 71.8 Å². The topological polar surface area (TPSA) is 110 Å². The molecule has 0 aromatic heterocycles. The zero-order valence-corrected chi connectivity index (χ0v) is 21.5. The largest absolute Gasteiger partial charge is 0.377 e. The lowest BCUT2D eigenvalue weighted by Crippen LogP contribution is -2.43. The fourth-order valence-electron chi connectivity index (χ4n) is 3.17. The lowest BCUT2D eigenvalue weighted by atomic mass is 10.2. The third-order valence-corrected chi connectivity index (χ3v) is 5.07. The van der Waals surface area contributed by atoms with E-state index in [1.807, 2.05) is 81.4 Å². The summed E-state index contributed by atoms with van der Waals surface area (Å²) < 4.78 is 16.9. The van der Waals surface area contributed by atoms with Gasteiger partial charge in [0.2, 0.25) is 0 Å². The summed E-state index contributed by atoms with van der Waals surface area (Å²) in [6.45, 7) is 8.69. The minimum absolute atomic E-state index is 0.115. The maximum atomic E-state index is 12.0. The summed E-state index contributed by atoms with van der Waals surface area (Å²) in [5.74, 6) is 0. The van der Waals surface area contributed by atoms with Gasteiger partial charge >= 0.3 is 12.1 Å². The van der Waals surface area contributed by atoms with Crippen LogP contribution in [-0.2, 0) is 27.3 Å². The number of urea groups is 2. The Bertz CT molecular complexity index is 869. The number of nitrogens with one attached hydrogen (secondary N) is 4. The number of hydrogen-bond donors (Lipinski definition) is 4. The Hall–Kier alpha value is -3.14. The molecule has 2 aromatic rings. The smallest absolute Gasteiger partial charge is 0.315 e. The molecular weight excluding hydrogens is 460 g/mol. The van der Waals surface area contributed by atoms with Crippen molar-refractivity contribution in [2.24, 2.45) is 0 Å². The second-order valence-electron chi connectivity index (χ2n) is 8.72. The van der Waals surface area contributed by atoms with E-state index >= 15 is 0 Å². The standard InChI is InChI=1S/C27H40N4O5/c1-21(30-26(32)28-16-24-10-6-4-7-11-24)18-34-14-15-35-20-23(3)36-19-22(2)31-27(33)29-17-25-12-8-5-9-13-25/h4-13,21-23H,14-20H2,1-3H3,(H2,28,30,32)(H2,29,31,33). The van der Waals surface area contributed by atoms with E-state index in [4.69, 9.17) is 14.2 Å². The highest BCUT2D eigenvalue weighted by molar-refractivity contribution is 5.74. The van der Waals surface area contributed by atoms with Crippen LogP contribution in [0.5, 0.6) is 0 Å². The van der Waals surface area contributed by atoms with Crippen LogP contribution in [0.15, 0.2) is 60.7 Å². The van der Waals surface area contributed by atoms with Gasteiger partial charge in [0, 0.05) is 13.1 Å². The molecule has 2 aromatic carbocycles. The minimum Gasteiger partial charge on any atom is -0.377 e. The van der Waals surface area contributed by atoms with E-state index in [1.165, 1.54) is 0 Å². The SMILES string of the molecule is CC(COCCOCC(C)OCC(C)NC(=O)NCc1ccccc1)NC(=O)NCc1ccccc1. The second-order valence-corrected chi connectivity index (χ2v) is 8.72. The molecular formula is C27H40N4O5. The van der Waals surface area contributed by atoms with E-state index in [9.17, 15) is 9.59 Å². The quantitative estimate of drug-likeness (QED) is 0.265. The van der Waals surface area contributed by atoms with Gasteiger partial charge < -0.3 is 35.5 Å². The van der Waals surface area contributed by atoms with Gasteiger partial charge in [0.15, 0.2) is 0 Å². The van der Waals surface area contributed by atoms with Crippen LogP contribution in [0.4, 0.5) is 9.59 Å². The lowest BCUT2D eigenvalue weighted by molar-refractivity contribution is -0.0282. The number of ether oxygens (including phenoxy) is 3. The summed E-state index contributed by atoms with van der Waals surface area (Å²) in [7, 11) is 0. The molecule has 0 aliphatic carbocycles. The molecule has 0 aliphatic rings. The first-order chi connectivity index (χ1) is 17.4. The van der Waals surface area contributed by atoms with Crippen molar-refractivity contribution in [3.8, 4) is 0 Å². The minimum atomic E-state index is -0.228. The number of rotatable bonds is 16. The monoisotopic (exact) mass is 500 g/mol. The normalized spacial score (nSPS) is 13.3. The molecule has 198 valence electrons. The number of amides is 4. The van der Waals surface area contributed by atoms with Gasteiger partial charge in [-0.25, -0.2) is 9.59 Å². The molecule has 0 heterocycles. The summed E-state index contributed by atoms with van der Waals surface area (Å²) in [5.41, 5.74) is 2.09. The third kappa shape index (κ3) is 13.7. The molecule has 3 unspecified atom stereocenters. The highest BCUT2D eigenvalue weighted by Gasteiger charge is 2.10. The van der Waals surface area contributed by atoms with Crippen molar-refractivity contribution in [2.75, 3.05) is 33.0 Å². The van der Waals surface area contributed by atoms with Crippen molar-refractivity contribution in [2.45, 2.75) is 52.0 Å². The van der Waals surface area contributed by atoms with E-state index in [1.54, 1.807) is 0 Å². The highest BCUT2D eigenvalue weighted by Crippen LogP contribution is 1.99. The Labute approximate surface area is 214 Å². The van der Waals surface area contributed by atoms with Crippen molar-refractivity contribution in [3.63, 3.8) is 0 Å². The molecule has 0 bridgehead atoms. The molecule has 9 nitrogen and oxygen atoms in total. The van der Waals surface area contributed by atoms with Gasteiger partial charge in [-0.1, -0.05) is 60.7 Å².